The van der Waals surface area contributed by atoms with Crippen molar-refractivity contribution in [3.8, 4) is 6.01 Å². The quantitative estimate of drug-likeness (QED) is 0.488. The van der Waals surface area contributed by atoms with Gasteiger partial charge < -0.3 is 14.7 Å². The monoisotopic (exact) mass is 254 g/mol. The molecule has 0 saturated carbocycles. The van der Waals surface area contributed by atoms with Crippen molar-refractivity contribution in [2.75, 3.05) is 30.0 Å². The summed E-state index contributed by atoms with van der Waals surface area (Å²) in [5.41, 5.74) is 1.67. The molecule has 8 nitrogen and oxygen atoms in total. The van der Waals surface area contributed by atoms with Crippen molar-refractivity contribution in [3.05, 3.63) is 0 Å². The number of rotatable bonds is 4. The van der Waals surface area contributed by atoms with E-state index in [2.05, 4.69) is 20.4 Å². The van der Waals surface area contributed by atoms with Crippen molar-refractivity contribution < 1.29 is 9.84 Å². The molecule has 0 aromatic carbocycles. The zero-order chi connectivity index (χ0) is 13.2. The molecule has 18 heavy (non-hydrogen) atoms. The standard InChI is InChI=1S/C10H18N6O2/c1-3-18-9-13-7(15-11)12-8(14-9)16-5-4-10(2,17)6-16/h17H,3-6,11H2,1-2H3,(H,12,13,14,15). The molecule has 0 amide bonds. The highest BCUT2D eigenvalue weighted by atomic mass is 16.5. The van der Waals surface area contributed by atoms with Crippen LogP contribution in [0.1, 0.15) is 20.3 Å². The van der Waals surface area contributed by atoms with Crippen molar-refractivity contribution in [1.29, 1.82) is 0 Å². The highest BCUT2D eigenvalue weighted by Gasteiger charge is 2.33. The minimum atomic E-state index is -0.714. The predicted octanol–water partition coefficient (Wildman–Crippen LogP) is -0.483. The van der Waals surface area contributed by atoms with Crippen LogP contribution in [-0.2, 0) is 0 Å². The molecule has 0 spiro atoms. The predicted molar refractivity (Wildman–Crippen MR) is 66.3 cm³/mol. The third-order valence-electron chi connectivity index (χ3n) is 2.74. The number of hydrogen-bond donors (Lipinski definition) is 3. The number of aromatic nitrogens is 3. The molecule has 0 radical (unpaired) electrons. The van der Waals surface area contributed by atoms with Gasteiger partial charge >= 0.3 is 6.01 Å². The Balaban J connectivity index is 2.24. The number of anilines is 2. The fraction of sp³-hybridized carbons (Fsp3) is 0.700. The Morgan fingerprint density at radius 2 is 2.28 bits per heavy atom. The van der Waals surface area contributed by atoms with Gasteiger partial charge in [-0.25, -0.2) is 5.84 Å². The lowest BCUT2D eigenvalue weighted by Crippen LogP contribution is -2.31. The minimum Gasteiger partial charge on any atom is -0.464 e. The molecule has 1 aliphatic heterocycles. The van der Waals surface area contributed by atoms with Gasteiger partial charge in [0.25, 0.3) is 0 Å². The van der Waals surface area contributed by atoms with Gasteiger partial charge in [0.05, 0.1) is 12.2 Å². The van der Waals surface area contributed by atoms with Gasteiger partial charge in [0.1, 0.15) is 0 Å². The fourth-order valence-electron chi connectivity index (χ4n) is 1.86. The first-order chi connectivity index (χ1) is 8.54. The number of β-amino-alcohol motifs (C(OH)–C–C–N with tert-alkyl or cyclic N) is 1. The van der Waals surface area contributed by atoms with Crippen LogP contribution in [0.25, 0.3) is 0 Å². The van der Waals surface area contributed by atoms with Gasteiger partial charge in [0.15, 0.2) is 0 Å². The van der Waals surface area contributed by atoms with Crippen LogP contribution < -0.4 is 20.9 Å². The van der Waals surface area contributed by atoms with Crippen molar-refractivity contribution in [2.24, 2.45) is 5.84 Å². The summed E-state index contributed by atoms with van der Waals surface area (Å²) in [6.45, 7) is 5.27. The number of hydrazine groups is 1. The van der Waals surface area contributed by atoms with Gasteiger partial charge in [-0.1, -0.05) is 0 Å². The second-order valence-corrected chi connectivity index (χ2v) is 4.49. The van der Waals surface area contributed by atoms with Crippen LogP contribution in [-0.4, -0.2) is 45.4 Å². The van der Waals surface area contributed by atoms with E-state index in [9.17, 15) is 5.11 Å². The van der Waals surface area contributed by atoms with Gasteiger partial charge in [-0.2, -0.15) is 15.0 Å². The third kappa shape index (κ3) is 2.77. The van der Waals surface area contributed by atoms with Crippen molar-refractivity contribution in [2.45, 2.75) is 25.9 Å². The van der Waals surface area contributed by atoms with E-state index in [0.717, 1.165) is 0 Å². The molecule has 1 aliphatic rings. The first-order valence-corrected chi connectivity index (χ1v) is 5.87. The Morgan fingerprint density at radius 1 is 1.50 bits per heavy atom. The minimum absolute atomic E-state index is 0.224. The summed E-state index contributed by atoms with van der Waals surface area (Å²) in [5.74, 6) is 6.01. The number of nitrogens with one attached hydrogen (secondary N) is 1. The van der Waals surface area contributed by atoms with Crippen LogP contribution >= 0.6 is 0 Å². The number of nitrogen functional groups attached to an aromatic ring is 1. The number of nitrogens with two attached hydrogens (primary N) is 1. The maximum Gasteiger partial charge on any atom is 0.323 e. The average molecular weight is 254 g/mol. The highest BCUT2D eigenvalue weighted by Crippen LogP contribution is 2.25. The first kappa shape index (κ1) is 12.8. The van der Waals surface area contributed by atoms with Crippen molar-refractivity contribution in [1.82, 2.24) is 15.0 Å². The Morgan fingerprint density at radius 3 is 2.83 bits per heavy atom. The van der Waals surface area contributed by atoms with E-state index in [-0.39, 0.29) is 12.0 Å². The van der Waals surface area contributed by atoms with E-state index in [0.29, 0.717) is 32.1 Å². The molecule has 1 unspecified atom stereocenters. The molecular weight excluding hydrogens is 236 g/mol. The zero-order valence-corrected chi connectivity index (χ0v) is 10.6. The molecule has 0 aliphatic carbocycles. The van der Waals surface area contributed by atoms with E-state index in [4.69, 9.17) is 10.6 Å². The lowest BCUT2D eigenvalue weighted by molar-refractivity contribution is 0.0838. The lowest BCUT2D eigenvalue weighted by atomic mass is 10.1. The number of nitrogens with zero attached hydrogens (tertiary/aromatic N) is 4. The molecular formula is C10H18N6O2. The maximum atomic E-state index is 9.94. The van der Waals surface area contributed by atoms with Gasteiger partial charge in [-0.15, -0.1) is 0 Å². The molecule has 1 saturated heterocycles. The van der Waals surface area contributed by atoms with Crippen LogP contribution in [0.4, 0.5) is 11.9 Å². The number of ether oxygens (including phenoxy) is 1. The highest BCUT2D eigenvalue weighted by molar-refractivity contribution is 5.39. The second-order valence-electron chi connectivity index (χ2n) is 4.49. The fourth-order valence-corrected chi connectivity index (χ4v) is 1.86. The lowest BCUT2D eigenvalue weighted by Gasteiger charge is -2.19. The van der Waals surface area contributed by atoms with E-state index >= 15 is 0 Å². The summed E-state index contributed by atoms with van der Waals surface area (Å²) in [6.07, 6.45) is 0.675. The zero-order valence-electron chi connectivity index (χ0n) is 10.6. The summed E-state index contributed by atoms with van der Waals surface area (Å²) in [4.78, 5) is 14.2. The molecule has 1 aromatic heterocycles. The molecule has 4 N–H and O–H groups in total. The largest absolute Gasteiger partial charge is 0.464 e. The smallest absolute Gasteiger partial charge is 0.323 e. The van der Waals surface area contributed by atoms with E-state index < -0.39 is 5.60 Å². The van der Waals surface area contributed by atoms with Crippen LogP contribution in [0, 0.1) is 0 Å². The van der Waals surface area contributed by atoms with Gasteiger partial charge in [-0.3, -0.25) is 5.43 Å². The third-order valence-corrected chi connectivity index (χ3v) is 2.74. The van der Waals surface area contributed by atoms with Gasteiger partial charge in [-0.05, 0) is 20.3 Å². The van der Waals surface area contributed by atoms with Gasteiger partial charge in [0.2, 0.25) is 11.9 Å². The Labute approximate surface area is 105 Å². The maximum absolute atomic E-state index is 9.94. The van der Waals surface area contributed by atoms with Crippen molar-refractivity contribution in [3.63, 3.8) is 0 Å². The molecule has 100 valence electrons. The first-order valence-electron chi connectivity index (χ1n) is 5.87. The van der Waals surface area contributed by atoms with Crippen LogP contribution in [0.3, 0.4) is 0 Å². The summed E-state index contributed by atoms with van der Waals surface area (Å²) in [6, 6.07) is 0.224. The van der Waals surface area contributed by atoms with E-state index in [1.165, 1.54) is 0 Å². The van der Waals surface area contributed by atoms with Crippen LogP contribution in [0.15, 0.2) is 0 Å². The Hall–Kier alpha value is -1.67. The summed E-state index contributed by atoms with van der Waals surface area (Å²) >= 11 is 0. The SMILES string of the molecule is CCOc1nc(NN)nc(N2CCC(C)(O)C2)n1. The Kier molecular flexibility index (Phi) is 3.48. The molecule has 1 aromatic rings. The van der Waals surface area contributed by atoms with Crippen LogP contribution in [0.2, 0.25) is 0 Å². The van der Waals surface area contributed by atoms with Gasteiger partial charge in [0, 0.05) is 13.1 Å². The van der Waals surface area contributed by atoms with Crippen LogP contribution in [0.5, 0.6) is 6.01 Å². The molecule has 1 fully saturated rings. The Bertz CT molecular complexity index is 425. The molecule has 2 heterocycles. The average Bonchev–Trinajstić information content (AvgIpc) is 2.70. The number of hydrogen-bond acceptors (Lipinski definition) is 8. The van der Waals surface area contributed by atoms with Crippen molar-refractivity contribution >= 4 is 11.9 Å². The van der Waals surface area contributed by atoms with E-state index in [1.54, 1.807) is 6.92 Å². The van der Waals surface area contributed by atoms with E-state index in [1.807, 2.05) is 11.8 Å². The normalized spacial score (nSPS) is 23.2. The second kappa shape index (κ2) is 4.91. The molecule has 1 atom stereocenters. The number of aliphatic hydroxyl groups is 1. The molecule has 2 rings (SSSR count). The topological polar surface area (TPSA) is 109 Å². The summed E-state index contributed by atoms with van der Waals surface area (Å²) < 4.78 is 5.25. The summed E-state index contributed by atoms with van der Waals surface area (Å²) in [7, 11) is 0. The molecule has 8 heteroatoms. The molecule has 0 bridgehead atoms. The summed E-state index contributed by atoms with van der Waals surface area (Å²) in [5, 5.41) is 9.94.